The van der Waals surface area contributed by atoms with Gasteiger partial charge < -0.3 is 24.1 Å². The standard InChI is InChI=1S/C25H21NO5/c1-28-17-6-4-7-18(13-17)30-23-15-29-22-11-10-19(14-20(22)25(23)27)31-24-12-9-16-5-2-3-8-21(16)26-24/h2-14,23,25,27H,15H2,1H3/t23-,25+/m1/s1. The number of aliphatic hydroxyl groups excluding tert-OH is 1. The molecule has 0 amide bonds. The Bertz CT molecular complexity index is 1230. The molecule has 0 bridgehead atoms. The van der Waals surface area contributed by atoms with E-state index in [0.29, 0.717) is 34.4 Å². The van der Waals surface area contributed by atoms with Crippen molar-refractivity contribution in [2.24, 2.45) is 0 Å². The Balaban J connectivity index is 1.36. The van der Waals surface area contributed by atoms with Crippen molar-refractivity contribution in [3.8, 4) is 28.9 Å². The van der Waals surface area contributed by atoms with Gasteiger partial charge in [-0.3, -0.25) is 0 Å². The zero-order valence-electron chi connectivity index (χ0n) is 16.9. The molecular weight excluding hydrogens is 394 g/mol. The van der Waals surface area contributed by atoms with E-state index in [1.165, 1.54) is 0 Å². The third-order valence-corrected chi connectivity index (χ3v) is 5.18. The maximum absolute atomic E-state index is 10.9. The molecule has 2 heterocycles. The number of pyridine rings is 1. The molecule has 156 valence electrons. The van der Waals surface area contributed by atoms with Crippen molar-refractivity contribution in [3.63, 3.8) is 0 Å². The fourth-order valence-corrected chi connectivity index (χ4v) is 3.59. The summed E-state index contributed by atoms with van der Waals surface area (Å²) in [7, 11) is 1.60. The number of nitrogens with zero attached hydrogens (tertiary/aromatic N) is 1. The molecule has 0 fully saturated rings. The minimum Gasteiger partial charge on any atom is -0.497 e. The molecule has 4 aromatic rings. The second-order valence-corrected chi connectivity index (χ2v) is 7.24. The van der Waals surface area contributed by atoms with Gasteiger partial charge in [-0.15, -0.1) is 0 Å². The Labute approximate surface area is 179 Å². The van der Waals surface area contributed by atoms with E-state index < -0.39 is 12.2 Å². The monoisotopic (exact) mass is 415 g/mol. The third-order valence-electron chi connectivity index (χ3n) is 5.18. The number of fused-ring (bicyclic) bond motifs is 2. The van der Waals surface area contributed by atoms with Gasteiger partial charge >= 0.3 is 0 Å². The van der Waals surface area contributed by atoms with E-state index in [9.17, 15) is 5.11 Å². The van der Waals surface area contributed by atoms with Gasteiger partial charge in [0.1, 0.15) is 35.7 Å². The summed E-state index contributed by atoms with van der Waals surface area (Å²) >= 11 is 0. The highest BCUT2D eigenvalue weighted by atomic mass is 16.5. The highest BCUT2D eigenvalue weighted by Gasteiger charge is 2.31. The van der Waals surface area contributed by atoms with E-state index in [-0.39, 0.29) is 6.61 Å². The SMILES string of the molecule is COc1cccc(O[C@@H]2COc3ccc(Oc4ccc5ccccc5n4)cc3[C@@H]2O)c1. The zero-order valence-corrected chi connectivity index (χ0v) is 16.9. The Hall–Kier alpha value is -3.77. The maximum atomic E-state index is 10.9. The fourth-order valence-electron chi connectivity index (χ4n) is 3.59. The minimum atomic E-state index is -0.872. The van der Waals surface area contributed by atoms with Crippen LogP contribution in [0, 0.1) is 0 Å². The number of hydrogen-bond donors (Lipinski definition) is 1. The highest BCUT2D eigenvalue weighted by molar-refractivity contribution is 5.78. The van der Waals surface area contributed by atoms with Crippen LogP contribution in [-0.4, -0.2) is 29.9 Å². The summed E-state index contributed by atoms with van der Waals surface area (Å²) in [5.74, 6) is 2.93. The van der Waals surface area contributed by atoms with Crippen LogP contribution >= 0.6 is 0 Å². The van der Waals surface area contributed by atoms with Gasteiger partial charge in [-0.1, -0.05) is 24.3 Å². The molecule has 2 atom stereocenters. The average molecular weight is 415 g/mol. The largest absolute Gasteiger partial charge is 0.497 e. The Morgan fingerprint density at radius 3 is 2.68 bits per heavy atom. The zero-order chi connectivity index (χ0) is 21.2. The number of para-hydroxylation sites is 1. The van der Waals surface area contributed by atoms with E-state index >= 15 is 0 Å². The van der Waals surface area contributed by atoms with Gasteiger partial charge in [-0.25, -0.2) is 4.98 Å². The summed E-state index contributed by atoms with van der Waals surface area (Å²) in [6.07, 6.45) is -1.43. The highest BCUT2D eigenvalue weighted by Crippen LogP contribution is 2.37. The lowest BCUT2D eigenvalue weighted by atomic mass is 10.0. The topological polar surface area (TPSA) is 70.0 Å². The van der Waals surface area contributed by atoms with E-state index in [4.69, 9.17) is 18.9 Å². The molecule has 5 rings (SSSR count). The summed E-state index contributed by atoms with van der Waals surface area (Å²) in [5.41, 5.74) is 1.46. The van der Waals surface area contributed by atoms with Crippen molar-refractivity contribution >= 4 is 10.9 Å². The molecule has 0 aliphatic carbocycles. The van der Waals surface area contributed by atoms with E-state index in [2.05, 4.69) is 4.98 Å². The molecular formula is C25H21NO5. The van der Waals surface area contributed by atoms with Crippen molar-refractivity contribution in [1.82, 2.24) is 4.98 Å². The maximum Gasteiger partial charge on any atom is 0.219 e. The van der Waals surface area contributed by atoms with Gasteiger partial charge in [-0.05, 0) is 42.5 Å². The van der Waals surface area contributed by atoms with Crippen LogP contribution in [0.25, 0.3) is 10.9 Å². The van der Waals surface area contributed by atoms with Crippen molar-refractivity contribution in [3.05, 3.63) is 84.4 Å². The summed E-state index contributed by atoms with van der Waals surface area (Å²) in [6.45, 7) is 0.234. The Morgan fingerprint density at radius 1 is 0.903 bits per heavy atom. The van der Waals surface area contributed by atoms with Crippen LogP contribution in [0.2, 0.25) is 0 Å². The molecule has 6 nitrogen and oxygen atoms in total. The van der Waals surface area contributed by atoms with Gasteiger partial charge in [0.25, 0.3) is 0 Å². The third kappa shape index (κ3) is 3.98. The lowest BCUT2D eigenvalue weighted by Gasteiger charge is -2.31. The van der Waals surface area contributed by atoms with E-state index in [1.54, 1.807) is 31.4 Å². The number of aromatic nitrogens is 1. The normalized spacial score (nSPS) is 17.5. The van der Waals surface area contributed by atoms with Crippen molar-refractivity contribution in [2.45, 2.75) is 12.2 Å². The van der Waals surface area contributed by atoms with Crippen molar-refractivity contribution in [1.29, 1.82) is 0 Å². The van der Waals surface area contributed by atoms with Crippen molar-refractivity contribution in [2.75, 3.05) is 13.7 Å². The summed E-state index contributed by atoms with van der Waals surface area (Å²) in [5, 5.41) is 12.0. The smallest absolute Gasteiger partial charge is 0.219 e. The lowest BCUT2D eigenvalue weighted by Crippen LogP contribution is -2.35. The quantitative estimate of drug-likeness (QED) is 0.500. The van der Waals surface area contributed by atoms with Crippen LogP contribution in [0.1, 0.15) is 11.7 Å². The van der Waals surface area contributed by atoms with Gasteiger partial charge in [0, 0.05) is 23.1 Å². The molecule has 0 saturated heterocycles. The molecule has 1 aliphatic rings. The molecule has 0 radical (unpaired) electrons. The molecule has 0 spiro atoms. The number of rotatable bonds is 5. The van der Waals surface area contributed by atoms with E-state index in [0.717, 1.165) is 10.9 Å². The second kappa shape index (κ2) is 8.16. The molecule has 31 heavy (non-hydrogen) atoms. The van der Waals surface area contributed by atoms with Gasteiger partial charge in [0.2, 0.25) is 5.88 Å². The average Bonchev–Trinajstić information content (AvgIpc) is 2.81. The predicted molar refractivity (Wildman–Crippen MR) is 116 cm³/mol. The minimum absolute atomic E-state index is 0.234. The number of ether oxygens (including phenoxy) is 4. The molecule has 1 aliphatic heterocycles. The molecule has 0 saturated carbocycles. The summed E-state index contributed by atoms with van der Waals surface area (Å²) < 4.78 is 23.0. The van der Waals surface area contributed by atoms with E-state index in [1.807, 2.05) is 54.6 Å². The van der Waals surface area contributed by atoms with Gasteiger partial charge in [-0.2, -0.15) is 0 Å². The first-order valence-corrected chi connectivity index (χ1v) is 9.99. The van der Waals surface area contributed by atoms with Crippen LogP contribution in [-0.2, 0) is 0 Å². The van der Waals surface area contributed by atoms with Gasteiger partial charge in [0.05, 0.1) is 12.6 Å². The molecule has 0 unspecified atom stereocenters. The van der Waals surface area contributed by atoms with Crippen LogP contribution in [0.15, 0.2) is 78.9 Å². The molecule has 3 aromatic carbocycles. The molecule has 6 heteroatoms. The Kier molecular flexibility index (Phi) is 5.06. The molecule has 1 N–H and O–H groups in total. The van der Waals surface area contributed by atoms with Crippen LogP contribution in [0.3, 0.4) is 0 Å². The Morgan fingerprint density at radius 2 is 1.77 bits per heavy atom. The predicted octanol–water partition coefficient (Wildman–Crippen LogP) is 4.91. The number of methoxy groups -OCH3 is 1. The fraction of sp³-hybridized carbons (Fsp3) is 0.160. The number of aliphatic hydroxyl groups is 1. The van der Waals surface area contributed by atoms with Crippen LogP contribution in [0.5, 0.6) is 28.9 Å². The first-order chi connectivity index (χ1) is 15.2. The van der Waals surface area contributed by atoms with Crippen LogP contribution in [0.4, 0.5) is 0 Å². The lowest BCUT2D eigenvalue weighted by molar-refractivity contribution is -0.0104. The first-order valence-electron chi connectivity index (χ1n) is 9.99. The van der Waals surface area contributed by atoms with Crippen LogP contribution < -0.4 is 18.9 Å². The number of hydrogen-bond acceptors (Lipinski definition) is 6. The first kappa shape index (κ1) is 19.2. The number of benzene rings is 3. The molecule has 1 aromatic heterocycles. The second-order valence-electron chi connectivity index (χ2n) is 7.24. The summed E-state index contributed by atoms with van der Waals surface area (Å²) in [4.78, 5) is 4.54. The van der Waals surface area contributed by atoms with Crippen molar-refractivity contribution < 1.29 is 24.1 Å². The summed E-state index contributed by atoms with van der Waals surface area (Å²) in [6, 6.07) is 24.2. The van der Waals surface area contributed by atoms with Gasteiger partial charge in [0.15, 0.2) is 6.10 Å².